The molecule has 8 nitrogen and oxygen atoms in total. The number of ether oxygens (including phenoxy) is 1. The highest BCUT2D eigenvalue weighted by Gasteiger charge is 2.29. The van der Waals surface area contributed by atoms with Crippen molar-refractivity contribution in [3.05, 3.63) is 106 Å². The third-order valence-electron chi connectivity index (χ3n) is 6.34. The predicted octanol–water partition coefficient (Wildman–Crippen LogP) is 5.80. The van der Waals surface area contributed by atoms with Gasteiger partial charge in [0.05, 0.1) is 23.4 Å². The summed E-state index contributed by atoms with van der Waals surface area (Å²) in [5, 5.41) is 4.53. The molecule has 0 saturated carbocycles. The van der Waals surface area contributed by atoms with E-state index in [2.05, 4.69) is 28.1 Å². The first kappa shape index (κ1) is 28.9. The Morgan fingerprint density at radius 2 is 1.70 bits per heavy atom. The Bertz CT molecular complexity index is 1650. The first-order valence-corrected chi connectivity index (χ1v) is 14.5. The number of benzene rings is 3. The minimum absolute atomic E-state index is 0.0110. The van der Waals surface area contributed by atoms with Crippen LogP contribution in [0, 0.1) is 20.8 Å². The fourth-order valence-corrected chi connectivity index (χ4v) is 5.97. The lowest BCUT2D eigenvalue weighted by molar-refractivity contribution is -0.119. The SMILES string of the molecule is CCOc1ccccc1N(CC(=O)N/N=C\c1cc(C)n(-c2ccccc2C)c1C)S(=O)(=O)c1ccc(Cl)cc1. The molecule has 1 heterocycles. The average Bonchev–Trinajstić information content (AvgIpc) is 3.21. The highest BCUT2D eigenvalue weighted by Crippen LogP contribution is 2.32. The summed E-state index contributed by atoms with van der Waals surface area (Å²) >= 11 is 5.97. The van der Waals surface area contributed by atoms with Gasteiger partial charge in [-0.15, -0.1) is 0 Å². The predicted molar refractivity (Wildman–Crippen MR) is 159 cm³/mol. The van der Waals surface area contributed by atoms with Crippen molar-refractivity contribution in [1.82, 2.24) is 9.99 Å². The van der Waals surface area contributed by atoms with Crippen LogP contribution in [-0.2, 0) is 14.8 Å². The largest absolute Gasteiger partial charge is 0.492 e. The lowest BCUT2D eigenvalue weighted by atomic mass is 10.2. The van der Waals surface area contributed by atoms with E-state index in [-0.39, 0.29) is 10.6 Å². The van der Waals surface area contributed by atoms with Crippen LogP contribution in [0.4, 0.5) is 5.69 Å². The van der Waals surface area contributed by atoms with Gasteiger partial charge in [0, 0.05) is 27.7 Å². The van der Waals surface area contributed by atoms with Gasteiger partial charge in [-0.2, -0.15) is 5.10 Å². The van der Waals surface area contributed by atoms with Crippen LogP contribution in [0.15, 0.2) is 88.9 Å². The van der Waals surface area contributed by atoms with Crippen molar-refractivity contribution in [2.75, 3.05) is 17.5 Å². The molecule has 10 heteroatoms. The molecule has 0 unspecified atom stereocenters. The Balaban J connectivity index is 1.60. The first-order chi connectivity index (χ1) is 19.1. The molecule has 1 amide bonds. The molecule has 0 saturated heterocycles. The van der Waals surface area contributed by atoms with Crippen molar-refractivity contribution in [1.29, 1.82) is 0 Å². The van der Waals surface area contributed by atoms with Crippen molar-refractivity contribution in [2.45, 2.75) is 32.6 Å². The number of carbonyl (C=O) groups excluding carboxylic acids is 1. The van der Waals surface area contributed by atoms with Gasteiger partial charge in [0.1, 0.15) is 12.3 Å². The lowest BCUT2D eigenvalue weighted by Gasteiger charge is -2.25. The number of carbonyl (C=O) groups is 1. The average molecular weight is 579 g/mol. The van der Waals surface area contributed by atoms with Crippen LogP contribution in [0.2, 0.25) is 5.02 Å². The maximum absolute atomic E-state index is 13.7. The summed E-state index contributed by atoms with van der Waals surface area (Å²) in [7, 11) is -4.15. The highest BCUT2D eigenvalue weighted by atomic mass is 35.5. The molecule has 3 aromatic carbocycles. The number of hydrogen-bond acceptors (Lipinski definition) is 5. The normalized spacial score (nSPS) is 11.5. The van der Waals surface area contributed by atoms with E-state index in [1.54, 1.807) is 37.4 Å². The molecule has 1 aromatic heterocycles. The molecule has 4 aromatic rings. The first-order valence-electron chi connectivity index (χ1n) is 12.7. The zero-order chi connectivity index (χ0) is 28.9. The Labute approximate surface area is 239 Å². The van der Waals surface area contributed by atoms with Gasteiger partial charge in [-0.3, -0.25) is 9.10 Å². The number of rotatable bonds is 10. The Morgan fingerprint density at radius 1 is 1.02 bits per heavy atom. The lowest BCUT2D eigenvalue weighted by Crippen LogP contribution is -2.39. The van der Waals surface area contributed by atoms with Gasteiger partial charge >= 0.3 is 0 Å². The third kappa shape index (κ3) is 6.21. The molecular formula is C30H31ClN4O4S. The number of aryl methyl sites for hydroxylation is 2. The van der Waals surface area contributed by atoms with E-state index < -0.39 is 22.5 Å². The van der Waals surface area contributed by atoms with E-state index in [0.29, 0.717) is 17.4 Å². The van der Waals surface area contributed by atoms with Crippen LogP contribution in [0.5, 0.6) is 5.75 Å². The number of sulfonamides is 1. The molecule has 0 spiro atoms. The molecule has 208 valence electrons. The Morgan fingerprint density at radius 3 is 2.40 bits per heavy atom. The minimum atomic E-state index is -4.15. The summed E-state index contributed by atoms with van der Waals surface area (Å²) in [4.78, 5) is 13.0. The number of aromatic nitrogens is 1. The monoisotopic (exact) mass is 578 g/mol. The molecule has 0 atom stereocenters. The standard InChI is InChI=1S/C30H31ClN4O4S/c1-5-39-29-13-9-8-12-28(29)34(40(37,38)26-16-14-25(31)15-17-26)20-30(36)33-32-19-24-18-22(3)35(23(24)4)27-11-7-6-10-21(27)2/h6-19H,5,20H2,1-4H3,(H,33,36)/b32-19-. The second-order valence-electron chi connectivity index (χ2n) is 9.11. The number of hydrazone groups is 1. The number of nitrogens with zero attached hydrogens (tertiary/aromatic N) is 3. The number of anilines is 1. The van der Waals surface area contributed by atoms with Crippen molar-refractivity contribution >= 4 is 39.4 Å². The van der Waals surface area contributed by atoms with Gasteiger partial charge in [0.2, 0.25) is 0 Å². The van der Waals surface area contributed by atoms with Crippen LogP contribution in [0.1, 0.15) is 29.4 Å². The van der Waals surface area contributed by atoms with Crippen molar-refractivity contribution in [3.8, 4) is 11.4 Å². The summed E-state index contributed by atoms with van der Waals surface area (Å²) in [6.45, 7) is 7.64. The summed E-state index contributed by atoms with van der Waals surface area (Å²) < 4.78 is 36.2. The zero-order valence-electron chi connectivity index (χ0n) is 22.8. The molecule has 0 aliphatic heterocycles. The molecule has 0 bridgehead atoms. The molecule has 0 fully saturated rings. The van der Waals surface area contributed by atoms with Gasteiger partial charge in [-0.25, -0.2) is 13.8 Å². The minimum Gasteiger partial charge on any atom is -0.492 e. The number of nitrogens with one attached hydrogen (secondary N) is 1. The fraction of sp³-hybridized carbons (Fsp3) is 0.200. The van der Waals surface area contributed by atoms with E-state index in [9.17, 15) is 13.2 Å². The maximum Gasteiger partial charge on any atom is 0.264 e. The topological polar surface area (TPSA) is 93.0 Å². The van der Waals surface area contributed by atoms with Gasteiger partial charge in [0.25, 0.3) is 15.9 Å². The molecular weight excluding hydrogens is 548 g/mol. The molecule has 0 aliphatic carbocycles. The number of para-hydroxylation sites is 3. The number of hydrogen-bond donors (Lipinski definition) is 1. The van der Waals surface area contributed by atoms with Crippen LogP contribution < -0.4 is 14.5 Å². The fourth-order valence-electron chi connectivity index (χ4n) is 4.42. The van der Waals surface area contributed by atoms with Crippen LogP contribution >= 0.6 is 11.6 Å². The molecule has 0 aliphatic rings. The second-order valence-corrected chi connectivity index (χ2v) is 11.4. The summed E-state index contributed by atoms with van der Waals surface area (Å²) in [5.41, 5.74) is 7.72. The van der Waals surface area contributed by atoms with Crippen LogP contribution in [-0.4, -0.2) is 38.3 Å². The highest BCUT2D eigenvalue weighted by molar-refractivity contribution is 7.92. The molecule has 0 radical (unpaired) electrons. The van der Waals surface area contributed by atoms with Gasteiger partial charge in [-0.1, -0.05) is 41.9 Å². The zero-order valence-corrected chi connectivity index (χ0v) is 24.3. The molecule has 40 heavy (non-hydrogen) atoms. The van der Waals surface area contributed by atoms with Crippen molar-refractivity contribution in [3.63, 3.8) is 0 Å². The van der Waals surface area contributed by atoms with Crippen LogP contribution in [0.3, 0.4) is 0 Å². The van der Waals surface area contributed by atoms with Crippen LogP contribution in [0.25, 0.3) is 5.69 Å². The Kier molecular flexibility index (Phi) is 8.96. The van der Waals surface area contributed by atoms with E-state index >= 15 is 0 Å². The number of halogens is 1. The maximum atomic E-state index is 13.7. The van der Waals surface area contributed by atoms with Crippen molar-refractivity contribution in [2.24, 2.45) is 5.10 Å². The van der Waals surface area contributed by atoms with Gasteiger partial charge < -0.3 is 9.30 Å². The number of amides is 1. The van der Waals surface area contributed by atoms with E-state index in [1.807, 2.05) is 38.1 Å². The third-order valence-corrected chi connectivity index (χ3v) is 8.37. The smallest absolute Gasteiger partial charge is 0.264 e. The molecule has 1 N–H and O–H groups in total. The van der Waals surface area contributed by atoms with Gasteiger partial charge in [-0.05, 0) is 81.8 Å². The summed E-state index contributed by atoms with van der Waals surface area (Å²) in [6, 6.07) is 22.5. The Hall–Kier alpha value is -4.08. The summed E-state index contributed by atoms with van der Waals surface area (Å²) in [5.74, 6) is -0.282. The molecule has 4 rings (SSSR count). The quantitative estimate of drug-likeness (QED) is 0.190. The van der Waals surface area contributed by atoms with E-state index in [4.69, 9.17) is 16.3 Å². The van der Waals surface area contributed by atoms with Crippen molar-refractivity contribution < 1.29 is 17.9 Å². The van der Waals surface area contributed by atoms with E-state index in [1.165, 1.54) is 24.3 Å². The van der Waals surface area contributed by atoms with E-state index in [0.717, 1.165) is 32.5 Å². The summed E-state index contributed by atoms with van der Waals surface area (Å²) in [6.07, 6.45) is 1.56. The second kappa shape index (κ2) is 12.4. The van der Waals surface area contributed by atoms with Gasteiger partial charge in [0.15, 0.2) is 0 Å².